The lowest BCUT2D eigenvalue weighted by atomic mass is 9.79. The second-order valence-electron chi connectivity index (χ2n) is 10.3. The molecule has 0 saturated heterocycles. The number of carboxylic acid groups (broad SMARTS) is 1. The lowest BCUT2D eigenvalue weighted by molar-refractivity contribution is -0.137. The highest BCUT2D eigenvalue weighted by atomic mass is 19.1. The van der Waals surface area contributed by atoms with Crippen molar-refractivity contribution in [2.24, 2.45) is 10.9 Å². The zero-order chi connectivity index (χ0) is 27.3. The summed E-state index contributed by atoms with van der Waals surface area (Å²) in [7, 11) is 0. The molecule has 2 aromatic rings. The van der Waals surface area contributed by atoms with Gasteiger partial charge in [0, 0.05) is 17.7 Å². The van der Waals surface area contributed by atoms with Crippen molar-refractivity contribution in [2.75, 3.05) is 6.54 Å². The number of hydrogen-bond acceptors (Lipinski definition) is 4. The zero-order valence-electron chi connectivity index (χ0n) is 22.1. The third-order valence-electron chi connectivity index (χ3n) is 7.83. The predicted molar refractivity (Wildman–Crippen MR) is 143 cm³/mol. The van der Waals surface area contributed by atoms with E-state index in [2.05, 4.69) is 19.2 Å². The summed E-state index contributed by atoms with van der Waals surface area (Å²) in [4.78, 5) is 44.2. The normalized spacial score (nSPS) is 21.9. The van der Waals surface area contributed by atoms with E-state index in [1.54, 1.807) is 24.3 Å². The molecule has 1 aliphatic carbocycles. The van der Waals surface area contributed by atoms with Crippen LogP contribution in [0.1, 0.15) is 92.7 Å². The molecule has 2 aromatic carbocycles. The number of rotatable bonds is 10. The minimum atomic E-state index is -0.972. The third kappa shape index (κ3) is 5.79. The molecule has 2 aliphatic rings. The fraction of sp³-hybridized carbons (Fsp3) is 0.467. The number of halogens is 1. The standard InChI is InChI=1S/C30H36FN3O4/c1-3-6-25(21-9-11-22(12-10-21)28(37)32-18-15-26(35)36)34-29(38)27(23-7-5-8-24(31)19-23)33-30(34)16-13-20(4-2)14-17-30/h5,7-12,19-20,25H,3-4,6,13-18H2,1-2H3,(H,32,37)(H,35,36). The molecule has 8 heteroatoms. The molecule has 2 amide bonds. The molecule has 7 nitrogen and oxygen atoms in total. The number of nitrogens with zero attached hydrogens (tertiary/aromatic N) is 2. The van der Waals surface area contributed by atoms with Crippen LogP contribution < -0.4 is 5.32 Å². The Bertz CT molecular complexity index is 1200. The van der Waals surface area contributed by atoms with Crippen molar-refractivity contribution in [1.29, 1.82) is 0 Å². The maximum Gasteiger partial charge on any atom is 0.305 e. The lowest BCUT2D eigenvalue weighted by Crippen LogP contribution is -2.50. The van der Waals surface area contributed by atoms with Gasteiger partial charge in [-0.15, -0.1) is 0 Å². The van der Waals surface area contributed by atoms with Crippen LogP contribution in [0, 0.1) is 11.7 Å². The van der Waals surface area contributed by atoms with Gasteiger partial charge < -0.3 is 15.3 Å². The highest BCUT2D eigenvalue weighted by Crippen LogP contribution is 2.47. The molecule has 0 bridgehead atoms. The predicted octanol–water partition coefficient (Wildman–Crippen LogP) is 5.50. The first-order valence-electron chi connectivity index (χ1n) is 13.6. The van der Waals surface area contributed by atoms with Crippen molar-refractivity contribution >= 4 is 23.5 Å². The quantitative estimate of drug-likeness (QED) is 0.431. The summed E-state index contributed by atoms with van der Waals surface area (Å²) in [6.45, 7) is 4.33. The van der Waals surface area contributed by atoms with E-state index in [0.717, 1.165) is 50.5 Å². The second-order valence-corrected chi connectivity index (χ2v) is 10.3. The third-order valence-corrected chi connectivity index (χ3v) is 7.83. The molecule has 1 saturated carbocycles. The first-order valence-corrected chi connectivity index (χ1v) is 13.6. The number of carboxylic acids is 1. The van der Waals surface area contributed by atoms with Crippen molar-refractivity contribution in [1.82, 2.24) is 10.2 Å². The van der Waals surface area contributed by atoms with Crippen LogP contribution in [0.3, 0.4) is 0 Å². The fourth-order valence-electron chi connectivity index (χ4n) is 5.73. The monoisotopic (exact) mass is 521 g/mol. The van der Waals surface area contributed by atoms with Gasteiger partial charge in [0.1, 0.15) is 17.2 Å². The van der Waals surface area contributed by atoms with E-state index >= 15 is 0 Å². The Balaban J connectivity index is 1.65. The van der Waals surface area contributed by atoms with Crippen LogP contribution >= 0.6 is 0 Å². The first kappa shape index (κ1) is 27.5. The fourth-order valence-corrected chi connectivity index (χ4v) is 5.73. The van der Waals surface area contributed by atoms with Gasteiger partial charge in [0.05, 0.1) is 12.5 Å². The van der Waals surface area contributed by atoms with Crippen LogP contribution in [-0.2, 0) is 9.59 Å². The van der Waals surface area contributed by atoms with Crippen LogP contribution in [0.15, 0.2) is 53.5 Å². The summed E-state index contributed by atoms with van der Waals surface area (Å²) < 4.78 is 14.1. The Morgan fingerprint density at radius 2 is 1.87 bits per heavy atom. The Labute approximate surface area is 223 Å². The molecule has 202 valence electrons. The number of nitrogens with one attached hydrogen (secondary N) is 1. The molecule has 1 fully saturated rings. The summed E-state index contributed by atoms with van der Waals surface area (Å²) in [6, 6.07) is 13.0. The van der Waals surface area contributed by atoms with Gasteiger partial charge in [-0.2, -0.15) is 0 Å². The second kappa shape index (κ2) is 11.9. The Morgan fingerprint density at radius 1 is 1.16 bits per heavy atom. The average molecular weight is 522 g/mol. The molecule has 1 spiro atoms. The number of hydrogen-bond donors (Lipinski definition) is 2. The lowest BCUT2D eigenvalue weighted by Gasteiger charge is -2.45. The molecule has 0 radical (unpaired) electrons. The van der Waals surface area contributed by atoms with Crippen molar-refractivity contribution in [3.63, 3.8) is 0 Å². The van der Waals surface area contributed by atoms with E-state index in [4.69, 9.17) is 10.1 Å². The van der Waals surface area contributed by atoms with E-state index < -0.39 is 17.4 Å². The molecule has 1 atom stereocenters. The maximum atomic E-state index is 14.1. The van der Waals surface area contributed by atoms with E-state index in [-0.39, 0.29) is 30.8 Å². The molecule has 0 aromatic heterocycles. The topological polar surface area (TPSA) is 99.1 Å². The largest absolute Gasteiger partial charge is 0.481 e. The molecule has 1 heterocycles. The maximum absolute atomic E-state index is 14.1. The highest BCUT2D eigenvalue weighted by Gasteiger charge is 2.51. The van der Waals surface area contributed by atoms with Gasteiger partial charge in [-0.25, -0.2) is 4.39 Å². The van der Waals surface area contributed by atoms with Gasteiger partial charge >= 0.3 is 5.97 Å². The zero-order valence-corrected chi connectivity index (χ0v) is 22.1. The number of carbonyl (C=O) groups excluding carboxylic acids is 2. The summed E-state index contributed by atoms with van der Waals surface area (Å²) in [5.41, 5.74) is 1.48. The van der Waals surface area contributed by atoms with Gasteiger partial charge in [0.15, 0.2) is 0 Å². The van der Waals surface area contributed by atoms with Crippen LogP contribution in [-0.4, -0.2) is 45.7 Å². The molecule has 1 unspecified atom stereocenters. The van der Waals surface area contributed by atoms with Crippen molar-refractivity contribution in [3.05, 3.63) is 71.0 Å². The van der Waals surface area contributed by atoms with Crippen molar-refractivity contribution in [3.8, 4) is 0 Å². The highest BCUT2D eigenvalue weighted by molar-refractivity contribution is 6.46. The van der Waals surface area contributed by atoms with Crippen LogP contribution in [0.25, 0.3) is 0 Å². The van der Waals surface area contributed by atoms with E-state index in [9.17, 15) is 18.8 Å². The smallest absolute Gasteiger partial charge is 0.305 e. The molecule has 2 N–H and O–H groups in total. The average Bonchev–Trinajstić information content (AvgIpc) is 3.18. The van der Waals surface area contributed by atoms with Crippen LogP contribution in [0.2, 0.25) is 0 Å². The van der Waals surface area contributed by atoms with Crippen LogP contribution in [0.4, 0.5) is 4.39 Å². The van der Waals surface area contributed by atoms with Gasteiger partial charge in [-0.3, -0.25) is 19.4 Å². The number of carbonyl (C=O) groups is 3. The first-order chi connectivity index (χ1) is 18.3. The molecule has 38 heavy (non-hydrogen) atoms. The van der Waals surface area contributed by atoms with E-state index in [1.807, 2.05) is 17.0 Å². The Morgan fingerprint density at radius 3 is 2.47 bits per heavy atom. The molecule has 4 rings (SSSR count). The van der Waals surface area contributed by atoms with Gasteiger partial charge in [-0.1, -0.05) is 51.0 Å². The van der Waals surface area contributed by atoms with Gasteiger partial charge in [-0.05, 0) is 67.9 Å². The number of aliphatic carboxylic acids is 1. The number of aliphatic imine (C=N–C) groups is 1. The summed E-state index contributed by atoms with van der Waals surface area (Å²) in [5.74, 6) is -1.29. The van der Waals surface area contributed by atoms with Crippen molar-refractivity contribution in [2.45, 2.75) is 76.9 Å². The summed E-state index contributed by atoms with van der Waals surface area (Å²) in [5, 5.41) is 11.4. The SMILES string of the molecule is CCCC(c1ccc(C(=O)NCCC(=O)O)cc1)N1C(=O)C(c2cccc(F)c2)=NC12CCC(CC)CC2. The molecular formula is C30H36FN3O4. The van der Waals surface area contributed by atoms with Gasteiger partial charge in [0.2, 0.25) is 0 Å². The van der Waals surface area contributed by atoms with Crippen LogP contribution in [0.5, 0.6) is 0 Å². The minimum absolute atomic E-state index is 0.0537. The minimum Gasteiger partial charge on any atom is -0.481 e. The van der Waals surface area contributed by atoms with E-state index in [1.165, 1.54) is 12.1 Å². The Hall–Kier alpha value is -3.55. The molecular weight excluding hydrogens is 485 g/mol. The summed E-state index contributed by atoms with van der Waals surface area (Å²) in [6.07, 6.45) is 6.01. The number of benzene rings is 2. The molecule has 1 aliphatic heterocycles. The summed E-state index contributed by atoms with van der Waals surface area (Å²) >= 11 is 0. The van der Waals surface area contributed by atoms with E-state index in [0.29, 0.717) is 22.8 Å². The Kier molecular flexibility index (Phi) is 8.59. The number of amides is 2. The van der Waals surface area contributed by atoms with Crippen molar-refractivity contribution < 1.29 is 23.9 Å². The van der Waals surface area contributed by atoms with Gasteiger partial charge in [0.25, 0.3) is 11.8 Å².